The minimum Gasteiger partial charge on any atom is -0.368 e. The van der Waals surface area contributed by atoms with Crippen molar-refractivity contribution in [3.05, 3.63) is 47.7 Å². The standard InChI is InChI=1S/C14H15ClN4/c15-12-2-4-13(5-3-12)18-8-10-19(11-9-18)14-16-6-1-7-17-14/h1-7H,8-11H2. The molecule has 1 aliphatic heterocycles. The topological polar surface area (TPSA) is 32.3 Å². The van der Waals surface area contributed by atoms with Gasteiger partial charge in [0.25, 0.3) is 0 Å². The number of piperazine rings is 1. The molecule has 0 spiro atoms. The van der Waals surface area contributed by atoms with E-state index in [1.807, 2.05) is 18.2 Å². The van der Waals surface area contributed by atoms with Gasteiger partial charge in [-0.05, 0) is 30.3 Å². The first-order chi connectivity index (χ1) is 9.33. The molecule has 0 unspecified atom stereocenters. The monoisotopic (exact) mass is 274 g/mol. The Morgan fingerprint density at radius 3 is 2.05 bits per heavy atom. The van der Waals surface area contributed by atoms with E-state index in [9.17, 15) is 0 Å². The van der Waals surface area contributed by atoms with Crippen LogP contribution >= 0.6 is 11.6 Å². The normalized spacial score (nSPS) is 15.6. The second kappa shape index (κ2) is 5.45. The van der Waals surface area contributed by atoms with Crippen LogP contribution in [0.5, 0.6) is 0 Å². The van der Waals surface area contributed by atoms with Crippen molar-refractivity contribution in [2.45, 2.75) is 0 Å². The first-order valence-corrected chi connectivity index (χ1v) is 6.73. The lowest BCUT2D eigenvalue weighted by atomic mass is 10.2. The molecule has 0 aliphatic carbocycles. The number of hydrogen-bond acceptors (Lipinski definition) is 4. The quantitative estimate of drug-likeness (QED) is 0.842. The number of nitrogens with zero attached hydrogens (tertiary/aromatic N) is 4. The van der Waals surface area contributed by atoms with Gasteiger partial charge in [0, 0.05) is 49.3 Å². The molecule has 4 nitrogen and oxygen atoms in total. The first kappa shape index (κ1) is 12.2. The zero-order valence-electron chi connectivity index (χ0n) is 10.5. The van der Waals surface area contributed by atoms with Crippen molar-refractivity contribution in [1.29, 1.82) is 0 Å². The van der Waals surface area contributed by atoms with E-state index in [2.05, 4.69) is 31.9 Å². The maximum atomic E-state index is 5.91. The Hall–Kier alpha value is -1.81. The molecule has 3 rings (SSSR count). The predicted octanol–water partition coefficient (Wildman–Crippen LogP) is 2.46. The largest absolute Gasteiger partial charge is 0.368 e. The summed E-state index contributed by atoms with van der Waals surface area (Å²) in [6.45, 7) is 3.82. The van der Waals surface area contributed by atoms with Crippen LogP contribution in [0.1, 0.15) is 0 Å². The Morgan fingerprint density at radius 1 is 0.842 bits per heavy atom. The highest BCUT2D eigenvalue weighted by Crippen LogP contribution is 2.20. The summed E-state index contributed by atoms with van der Waals surface area (Å²) in [5.74, 6) is 0.818. The summed E-state index contributed by atoms with van der Waals surface area (Å²) in [4.78, 5) is 13.2. The van der Waals surface area contributed by atoms with Gasteiger partial charge in [0.1, 0.15) is 0 Å². The molecule has 1 saturated heterocycles. The number of hydrogen-bond donors (Lipinski definition) is 0. The molecule has 0 atom stereocenters. The number of benzene rings is 1. The van der Waals surface area contributed by atoms with Gasteiger partial charge < -0.3 is 9.80 Å². The number of rotatable bonds is 2. The molecular formula is C14H15ClN4. The smallest absolute Gasteiger partial charge is 0.225 e. The highest BCUT2D eigenvalue weighted by Gasteiger charge is 2.18. The van der Waals surface area contributed by atoms with Crippen molar-refractivity contribution in [2.75, 3.05) is 36.0 Å². The third kappa shape index (κ3) is 2.79. The maximum absolute atomic E-state index is 5.91. The SMILES string of the molecule is Clc1ccc(N2CCN(c3ncccn3)CC2)cc1. The molecule has 1 fully saturated rings. The first-order valence-electron chi connectivity index (χ1n) is 6.35. The molecule has 98 valence electrons. The van der Waals surface area contributed by atoms with E-state index in [1.54, 1.807) is 12.4 Å². The Kier molecular flexibility index (Phi) is 3.51. The second-order valence-electron chi connectivity index (χ2n) is 4.50. The summed E-state index contributed by atoms with van der Waals surface area (Å²) in [6, 6.07) is 9.84. The van der Waals surface area contributed by atoms with Gasteiger partial charge in [0.2, 0.25) is 5.95 Å². The lowest BCUT2D eigenvalue weighted by Gasteiger charge is -2.36. The van der Waals surface area contributed by atoms with Gasteiger partial charge in [0.15, 0.2) is 0 Å². The van der Waals surface area contributed by atoms with E-state index in [1.165, 1.54) is 5.69 Å². The number of halogens is 1. The molecule has 5 heteroatoms. The van der Waals surface area contributed by atoms with E-state index in [-0.39, 0.29) is 0 Å². The van der Waals surface area contributed by atoms with E-state index in [4.69, 9.17) is 11.6 Å². The van der Waals surface area contributed by atoms with Crippen molar-refractivity contribution in [2.24, 2.45) is 0 Å². The summed E-state index contributed by atoms with van der Waals surface area (Å²) in [5.41, 5.74) is 1.22. The highest BCUT2D eigenvalue weighted by molar-refractivity contribution is 6.30. The molecule has 1 aliphatic rings. The third-order valence-corrected chi connectivity index (χ3v) is 3.56. The zero-order chi connectivity index (χ0) is 13.1. The van der Waals surface area contributed by atoms with Gasteiger partial charge >= 0.3 is 0 Å². The van der Waals surface area contributed by atoms with Crippen LogP contribution in [0.25, 0.3) is 0 Å². The summed E-state index contributed by atoms with van der Waals surface area (Å²) < 4.78 is 0. The Morgan fingerprint density at radius 2 is 1.42 bits per heavy atom. The maximum Gasteiger partial charge on any atom is 0.225 e. The van der Waals surface area contributed by atoms with Gasteiger partial charge in [0.05, 0.1) is 0 Å². The molecule has 0 saturated carbocycles. The molecule has 0 N–H and O–H groups in total. The summed E-state index contributed by atoms with van der Waals surface area (Å²) >= 11 is 5.91. The summed E-state index contributed by atoms with van der Waals surface area (Å²) in [6.07, 6.45) is 3.57. The third-order valence-electron chi connectivity index (χ3n) is 3.31. The Labute approximate surface area is 117 Å². The predicted molar refractivity (Wildman–Crippen MR) is 77.9 cm³/mol. The van der Waals surface area contributed by atoms with Crippen molar-refractivity contribution < 1.29 is 0 Å². The van der Waals surface area contributed by atoms with Crippen LogP contribution in [-0.2, 0) is 0 Å². The zero-order valence-corrected chi connectivity index (χ0v) is 11.3. The second-order valence-corrected chi connectivity index (χ2v) is 4.94. The number of anilines is 2. The van der Waals surface area contributed by atoms with Crippen LogP contribution in [0.15, 0.2) is 42.7 Å². The van der Waals surface area contributed by atoms with Crippen LogP contribution in [-0.4, -0.2) is 36.1 Å². The van der Waals surface area contributed by atoms with Crippen molar-refractivity contribution in [3.63, 3.8) is 0 Å². The minimum absolute atomic E-state index is 0.778. The summed E-state index contributed by atoms with van der Waals surface area (Å²) in [5, 5.41) is 0.778. The molecule has 1 aromatic heterocycles. The highest BCUT2D eigenvalue weighted by atomic mass is 35.5. The Balaban J connectivity index is 1.65. The van der Waals surface area contributed by atoms with Gasteiger partial charge in [-0.15, -0.1) is 0 Å². The van der Waals surface area contributed by atoms with Crippen LogP contribution < -0.4 is 9.80 Å². The molecule has 19 heavy (non-hydrogen) atoms. The van der Waals surface area contributed by atoms with E-state index in [0.717, 1.165) is 37.1 Å². The van der Waals surface area contributed by atoms with Crippen LogP contribution in [0.2, 0.25) is 5.02 Å². The van der Waals surface area contributed by atoms with Crippen molar-refractivity contribution >= 4 is 23.2 Å². The van der Waals surface area contributed by atoms with Crippen molar-refractivity contribution in [1.82, 2.24) is 9.97 Å². The van der Waals surface area contributed by atoms with Gasteiger partial charge in [-0.25, -0.2) is 9.97 Å². The Bertz CT molecular complexity index is 521. The van der Waals surface area contributed by atoms with Crippen molar-refractivity contribution in [3.8, 4) is 0 Å². The fourth-order valence-corrected chi connectivity index (χ4v) is 2.40. The average Bonchev–Trinajstić information content (AvgIpc) is 2.49. The van der Waals surface area contributed by atoms with E-state index < -0.39 is 0 Å². The molecule has 0 amide bonds. The molecule has 0 bridgehead atoms. The van der Waals surface area contributed by atoms with Crippen LogP contribution in [0.4, 0.5) is 11.6 Å². The van der Waals surface area contributed by atoms with E-state index >= 15 is 0 Å². The van der Waals surface area contributed by atoms with Gasteiger partial charge in [-0.2, -0.15) is 0 Å². The van der Waals surface area contributed by atoms with Gasteiger partial charge in [-0.1, -0.05) is 11.6 Å². The molecule has 1 aromatic carbocycles. The molecule has 0 radical (unpaired) electrons. The average molecular weight is 275 g/mol. The van der Waals surface area contributed by atoms with E-state index in [0.29, 0.717) is 0 Å². The fraction of sp³-hybridized carbons (Fsp3) is 0.286. The molecule has 2 aromatic rings. The minimum atomic E-state index is 0.778. The van der Waals surface area contributed by atoms with Crippen LogP contribution in [0.3, 0.4) is 0 Å². The lowest BCUT2D eigenvalue weighted by molar-refractivity contribution is 0.640. The molecule has 2 heterocycles. The molecular weight excluding hydrogens is 260 g/mol. The van der Waals surface area contributed by atoms with Gasteiger partial charge in [-0.3, -0.25) is 0 Å². The lowest BCUT2D eigenvalue weighted by Crippen LogP contribution is -2.47. The number of aromatic nitrogens is 2. The summed E-state index contributed by atoms with van der Waals surface area (Å²) in [7, 11) is 0. The van der Waals surface area contributed by atoms with Crippen LogP contribution in [0, 0.1) is 0 Å². The fourth-order valence-electron chi connectivity index (χ4n) is 2.27.